The van der Waals surface area contributed by atoms with Gasteiger partial charge in [-0.15, -0.1) is 0 Å². The number of aromatic nitrogens is 2. The van der Waals surface area contributed by atoms with E-state index in [1.807, 2.05) is 48.5 Å². The van der Waals surface area contributed by atoms with Gasteiger partial charge in [0.1, 0.15) is 0 Å². The lowest BCUT2D eigenvalue weighted by Gasteiger charge is -2.17. The van der Waals surface area contributed by atoms with E-state index in [1.165, 1.54) is 33.0 Å². The van der Waals surface area contributed by atoms with Crippen LogP contribution in [0.2, 0.25) is 0 Å². The molecule has 0 unspecified atom stereocenters. The van der Waals surface area contributed by atoms with Gasteiger partial charge in [-0.1, -0.05) is 146 Å². The minimum atomic E-state index is 0.646. The molecule has 0 atom stereocenters. The van der Waals surface area contributed by atoms with Gasteiger partial charge in [-0.2, -0.15) is 5.26 Å². The molecule has 48 heavy (non-hydrogen) atoms. The number of nitrogens with zero attached hydrogens (tertiary/aromatic N) is 3. The van der Waals surface area contributed by atoms with Crippen LogP contribution in [0.5, 0.6) is 0 Å². The van der Waals surface area contributed by atoms with Crippen molar-refractivity contribution in [2.45, 2.75) is 0 Å². The van der Waals surface area contributed by atoms with Crippen LogP contribution in [-0.2, 0) is 0 Å². The van der Waals surface area contributed by atoms with Crippen LogP contribution in [0.3, 0.4) is 0 Å². The van der Waals surface area contributed by atoms with Crippen molar-refractivity contribution in [3.05, 3.63) is 169 Å². The Morgan fingerprint density at radius 2 is 0.771 bits per heavy atom. The second kappa shape index (κ2) is 11.3. The third-order valence-electron chi connectivity index (χ3n) is 9.32. The molecule has 3 heteroatoms. The van der Waals surface area contributed by atoms with E-state index in [4.69, 9.17) is 9.97 Å². The quantitative estimate of drug-likeness (QED) is 0.195. The molecule has 0 radical (unpaired) electrons. The molecule has 3 nitrogen and oxygen atoms in total. The molecule has 222 valence electrons. The summed E-state index contributed by atoms with van der Waals surface area (Å²) in [5, 5.41) is 11.9. The first-order valence-corrected chi connectivity index (χ1v) is 16.1. The summed E-state index contributed by atoms with van der Waals surface area (Å²) in [6.45, 7) is 0. The van der Waals surface area contributed by atoms with Crippen LogP contribution >= 0.6 is 0 Å². The van der Waals surface area contributed by atoms with Gasteiger partial charge in [0.2, 0.25) is 0 Å². The first-order valence-electron chi connectivity index (χ1n) is 16.1. The molecule has 0 N–H and O–H groups in total. The van der Waals surface area contributed by atoms with Crippen LogP contribution < -0.4 is 0 Å². The summed E-state index contributed by atoms with van der Waals surface area (Å²) in [6.07, 6.45) is 0. The zero-order valence-electron chi connectivity index (χ0n) is 25.9. The molecule has 0 saturated heterocycles. The minimum Gasteiger partial charge on any atom is -0.228 e. The molecular formula is C45H27N3. The Morgan fingerprint density at radius 3 is 1.27 bits per heavy atom. The number of benzene rings is 7. The van der Waals surface area contributed by atoms with Crippen molar-refractivity contribution in [3.63, 3.8) is 0 Å². The lowest BCUT2D eigenvalue weighted by atomic mass is 9.87. The number of hydrogen-bond acceptors (Lipinski definition) is 3. The molecule has 1 aliphatic carbocycles. The Kier molecular flexibility index (Phi) is 6.52. The highest BCUT2D eigenvalue weighted by molar-refractivity contribution is 6.23. The van der Waals surface area contributed by atoms with Gasteiger partial charge in [-0.05, 0) is 73.5 Å². The van der Waals surface area contributed by atoms with Crippen molar-refractivity contribution in [1.82, 2.24) is 9.97 Å². The molecule has 9 rings (SSSR count). The summed E-state index contributed by atoms with van der Waals surface area (Å²) in [5.74, 6) is 0.678. The van der Waals surface area contributed by atoms with Crippen LogP contribution in [0, 0.1) is 11.3 Å². The molecule has 1 aromatic heterocycles. The van der Waals surface area contributed by atoms with Gasteiger partial charge >= 0.3 is 0 Å². The second-order valence-electron chi connectivity index (χ2n) is 12.0. The first-order chi connectivity index (χ1) is 23.8. The summed E-state index contributed by atoms with van der Waals surface area (Å²) in [7, 11) is 0. The highest BCUT2D eigenvalue weighted by atomic mass is 14.9. The molecule has 0 spiro atoms. The Labute approximate surface area is 279 Å². The van der Waals surface area contributed by atoms with Gasteiger partial charge in [0, 0.05) is 16.7 Å². The van der Waals surface area contributed by atoms with E-state index in [-0.39, 0.29) is 0 Å². The molecule has 0 saturated carbocycles. The van der Waals surface area contributed by atoms with E-state index in [2.05, 4.69) is 121 Å². The van der Waals surface area contributed by atoms with Crippen molar-refractivity contribution >= 4 is 10.8 Å². The van der Waals surface area contributed by atoms with E-state index in [9.17, 15) is 5.26 Å². The fourth-order valence-electron chi connectivity index (χ4n) is 7.08. The van der Waals surface area contributed by atoms with E-state index in [0.717, 1.165) is 50.3 Å². The third kappa shape index (κ3) is 4.51. The van der Waals surface area contributed by atoms with Gasteiger partial charge in [0.15, 0.2) is 5.82 Å². The molecule has 0 bridgehead atoms. The van der Waals surface area contributed by atoms with Crippen molar-refractivity contribution in [2.75, 3.05) is 0 Å². The summed E-state index contributed by atoms with van der Waals surface area (Å²) >= 11 is 0. The monoisotopic (exact) mass is 609 g/mol. The van der Waals surface area contributed by atoms with Crippen molar-refractivity contribution < 1.29 is 0 Å². The summed E-state index contributed by atoms with van der Waals surface area (Å²) in [5.41, 5.74) is 14.8. The number of rotatable bonds is 5. The van der Waals surface area contributed by atoms with E-state index < -0.39 is 0 Å². The average molecular weight is 610 g/mol. The topological polar surface area (TPSA) is 49.6 Å². The van der Waals surface area contributed by atoms with E-state index in [1.54, 1.807) is 0 Å². The molecule has 0 aliphatic heterocycles. The van der Waals surface area contributed by atoms with Crippen molar-refractivity contribution in [2.24, 2.45) is 0 Å². The minimum absolute atomic E-state index is 0.646. The summed E-state index contributed by atoms with van der Waals surface area (Å²) < 4.78 is 0. The lowest BCUT2D eigenvalue weighted by molar-refractivity contribution is 1.18. The molecule has 8 aromatic rings. The van der Waals surface area contributed by atoms with E-state index >= 15 is 0 Å². The number of fused-ring (bicyclic) bond motifs is 3. The predicted molar refractivity (Wildman–Crippen MR) is 196 cm³/mol. The van der Waals surface area contributed by atoms with Crippen LogP contribution in [-0.4, -0.2) is 9.97 Å². The molecule has 0 fully saturated rings. The SMILES string of the molecule is N#Cc1ccc(-c2ccc3c4c(ccc(-c5ccccc5-c5nc(-c6ccccc6)cc(-c6ccccc6)n5)c24)-c2ccccc2-3)cc1. The van der Waals surface area contributed by atoms with Gasteiger partial charge in [0.25, 0.3) is 0 Å². The van der Waals surface area contributed by atoms with Gasteiger partial charge in [0.05, 0.1) is 23.0 Å². The van der Waals surface area contributed by atoms with E-state index in [0.29, 0.717) is 11.4 Å². The smallest absolute Gasteiger partial charge is 0.161 e. The third-order valence-corrected chi connectivity index (χ3v) is 9.32. The largest absolute Gasteiger partial charge is 0.228 e. The normalized spacial score (nSPS) is 11.3. The number of nitriles is 1. The van der Waals surface area contributed by atoms with Crippen LogP contribution in [0.4, 0.5) is 0 Å². The average Bonchev–Trinajstić information content (AvgIpc) is 3.50. The Morgan fingerprint density at radius 1 is 0.354 bits per heavy atom. The number of hydrogen-bond donors (Lipinski definition) is 0. The fraction of sp³-hybridized carbons (Fsp3) is 0. The van der Waals surface area contributed by atoms with Gasteiger partial charge in [-0.25, -0.2) is 9.97 Å². The standard InChI is InChI=1S/C45H27N3/c46-28-29-19-21-30(22-20-29)33-23-24-37-34-15-7-8-16-35(34)38-25-26-39(43(33)44(37)38)36-17-9-10-18-40(36)45-47-41(31-11-3-1-4-12-31)27-42(48-45)32-13-5-2-6-14-32/h1-27H. The van der Waals surface area contributed by atoms with Crippen LogP contribution in [0.15, 0.2) is 164 Å². The van der Waals surface area contributed by atoms with Gasteiger partial charge < -0.3 is 0 Å². The predicted octanol–water partition coefficient (Wildman–Crippen LogP) is 11.5. The second-order valence-corrected chi connectivity index (χ2v) is 12.0. The lowest BCUT2D eigenvalue weighted by Crippen LogP contribution is -1.98. The zero-order chi connectivity index (χ0) is 32.0. The zero-order valence-corrected chi connectivity index (χ0v) is 25.9. The molecule has 1 aliphatic rings. The molecule has 1 heterocycles. The van der Waals surface area contributed by atoms with Gasteiger partial charge in [-0.3, -0.25) is 0 Å². The maximum Gasteiger partial charge on any atom is 0.161 e. The highest BCUT2D eigenvalue weighted by Crippen LogP contribution is 2.52. The Hall–Kier alpha value is -6.63. The Balaban J connectivity index is 1.33. The fourth-order valence-corrected chi connectivity index (χ4v) is 7.08. The maximum absolute atomic E-state index is 9.51. The van der Waals surface area contributed by atoms with Crippen molar-refractivity contribution in [1.29, 1.82) is 5.26 Å². The first kappa shape index (κ1) is 27.7. The van der Waals surface area contributed by atoms with Crippen molar-refractivity contribution in [3.8, 4) is 84.5 Å². The molecular weight excluding hydrogens is 583 g/mol. The maximum atomic E-state index is 9.51. The Bertz CT molecular complexity index is 2460. The van der Waals surface area contributed by atoms with Crippen LogP contribution in [0.25, 0.3) is 89.2 Å². The highest BCUT2D eigenvalue weighted by Gasteiger charge is 2.26. The summed E-state index contributed by atoms with van der Waals surface area (Å²) in [4.78, 5) is 10.4. The summed E-state index contributed by atoms with van der Waals surface area (Å²) in [6, 6.07) is 59.0. The molecule has 7 aromatic carbocycles. The van der Waals surface area contributed by atoms with Crippen LogP contribution in [0.1, 0.15) is 5.56 Å². The molecule has 0 amide bonds.